The highest BCUT2D eigenvalue weighted by Gasteiger charge is 2.33. The van der Waals surface area contributed by atoms with Crippen LogP contribution in [0.25, 0.3) is 0 Å². The smallest absolute Gasteiger partial charge is 0.237 e. The second-order valence-corrected chi connectivity index (χ2v) is 6.63. The van der Waals surface area contributed by atoms with E-state index in [-0.39, 0.29) is 36.8 Å². The lowest BCUT2D eigenvalue weighted by Crippen LogP contribution is -2.55. The van der Waals surface area contributed by atoms with Gasteiger partial charge in [0.25, 0.3) is 0 Å². The van der Waals surface area contributed by atoms with Gasteiger partial charge in [0.1, 0.15) is 0 Å². The number of ether oxygens (including phenoxy) is 1. The van der Waals surface area contributed by atoms with Gasteiger partial charge in [-0.2, -0.15) is 0 Å². The summed E-state index contributed by atoms with van der Waals surface area (Å²) in [4.78, 5) is 15.2. The fraction of sp³-hybridized carbons (Fsp3) is 0.941. The third-order valence-electron chi connectivity index (χ3n) is 5.17. The molecule has 7 heteroatoms. The third-order valence-corrected chi connectivity index (χ3v) is 5.17. The summed E-state index contributed by atoms with van der Waals surface area (Å²) in [6.45, 7) is 10.6. The van der Waals surface area contributed by atoms with Crippen molar-refractivity contribution in [2.75, 3.05) is 45.9 Å². The molecule has 0 aromatic rings. The largest absolute Gasteiger partial charge is 0.379 e. The van der Waals surface area contributed by atoms with Crippen molar-refractivity contribution in [3.8, 4) is 0 Å². The molecule has 0 radical (unpaired) electrons. The van der Waals surface area contributed by atoms with Crippen molar-refractivity contribution in [2.24, 2.45) is 11.8 Å². The minimum atomic E-state index is 0. The average molecular weight is 384 g/mol. The summed E-state index contributed by atoms with van der Waals surface area (Å²) in [5, 5.41) is 6.66. The number of nitrogens with zero attached hydrogens (tertiary/aromatic N) is 1. The van der Waals surface area contributed by atoms with Crippen molar-refractivity contribution in [2.45, 2.75) is 45.6 Å². The number of amides is 1. The van der Waals surface area contributed by atoms with Gasteiger partial charge >= 0.3 is 0 Å². The molecule has 2 aliphatic heterocycles. The fourth-order valence-electron chi connectivity index (χ4n) is 3.72. The van der Waals surface area contributed by atoms with Crippen LogP contribution in [-0.4, -0.2) is 62.8 Å². The van der Waals surface area contributed by atoms with Crippen LogP contribution >= 0.6 is 24.8 Å². The molecule has 0 saturated carbocycles. The van der Waals surface area contributed by atoms with Gasteiger partial charge in [0.05, 0.1) is 19.3 Å². The number of hydrogen-bond donors (Lipinski definition) is 2. The molecule has 0 aromatic carbocycles. The number of halogens is 2. The summed E-state index contributed by atoms with van der Waals surface area (Å²) in [6.07, 6.45) is 4.55. The zero-order valence-electron chi connectivity index (χ0n) is 15.1. The van der Waals surface area contributed by atoms with Gasteiger partial charge in [0.2, 0.25) is 5.91 Å². The van der Waals surface area contributed by atoms with Gasteiger partial charge in [-0.3, -0.25) is 9.69 Å². The minimum Gasteiger partial charge on any atom is -0.379 e. The van der Waals surface area contributed by atoms with Gasteiger partial charge < -0.3 is 15.4 Å². The van der Waals surface area contributed by atoms with E-state index in [1.807, 2.05) is 0 Å². The standard InChI is InChI=1S/C17H33N3O2.2ClH/c1-3-15(4-2)16(20-8-10-22-11-9-20)17(21)19-13-14-6-5-7-18-12-14;;/h14-16,18H,3-13H2,1-2H3,(H,19,21);2*1H. The Morgan fingerprint density at radius 3 is 2.46 bits per heavy atom. The number of piperidine rings is 1. The van der Waals surface area contributed by atoms with E-state index < -0.39 is 0 Å². The third kappa shape index (κ3) is 7.04. The number of hydrogen-bond acceptors (Lipinski definition) is 4. The van der Waals surface area contributed by atoms with Crippen molar-refractivity contribution in [1.29, 1.82) is 0 Å². The normalized spacial score (nSPS) is 23.0. The Kier molecular flexibility index (Phi) is 13.1. The molecule has 24 heavy (non-hydrogen) atoms. The van der Waals surface area contributed by atoms with E-state index in [0.717, 1.165) is 58.8 Å². The van der Waals surface area contributed by atoms with E-state index in [1.54, 1.807) is 0 Å². The fourth-order valence-corrected chi connectivity index (χ4v) is 3.72. The molecule has 0 spiro atoms. The average Bonchev–Trinajstić information content (AvgIpc) is 2.59. The van der Waals surface area contributed by atoms with Crippen molar-refractivity contribution in [1.82, 2.24) is 15.5 Å². The number of morpholine rings is 1. The summed E-state index contributed by atoms with van der Waals surface area (Å²) >= 11 is 0. The zero-order valence-corrected chi connectivity index (χ0v) is 16.7. The van der Waals surface area contributed by atoms with Crippen LogP contribution in [0.15, 0.2) is 0 Å². The van der Waals surface area contributed by atoms with E-state index in [4.69, 9.17) is 4.74 Å². The number of carbonyl (C=O) groups is 1. The molecule has 2 rings (SSSR count). The van der Waals surface area contributed by atoms with Crippen LogP contribution in [0.5, 0.6) is 0 Å². The molecular weight excluding hydrogens is 349 g/mol. The lowest BCUT2D eigenvalue weighted by molar-refractivity contribution is -0.131. The summed E-state index contributed by atoms with van der Waals surface area (Å²) in [6, 6.07) is 0.00968. The molecule has 2 heterocycles. The molecule has 2 unspecified atom stereocenters. The van der Waals surface area contributed by atoms with Gasteiger partial charge in [-0.15, -0.1) is 24.8 Å². The Morgan fingerprint density at radius 1 is 1.25 bits per heavy atom. The first-order chi connectivity index (χ1) is 10.8. The van der Waals surface area contributed by atoms with Gasteiger partial charge in [0, 0.05) is 19.6 Å². The molecule has 1 amide bonds. The number of carbonyl (C=O) groups excluding carboxylic acids is 1. The maximum Gasteiger partial charge on any atom is 0.237 e. The monoisotopic (exact) mass is 383 g/mol. The van der Waals surface area contributed by atoms with Crippen molar-refractivity contribution in [3.05, 3.63) is 0 Å². The number of rotatable bonds is 7. The maximum atomic E-state index is 12.8. The van der Waals surface area contributed by atoms with Crippen LogP contribution in [-0.2, 0) is 9.53 Å². The zero-order chi connectivity index (χ0) is 15.8. The molecule has 2 aliphatic rings. The molecule has 2 atom stereocenters. The lowest BCUT2D eigenvalue weighted by atomic mass is 9.91. The van der Waals surface area contributed by atoms with E-state index >= 15 is 0 Å². The first kappa shape index (κ1) is 23.9. The molecular formula is C17H35Cl2N3O2. The molecule has 2 N–H and O–H groups in total. The van der Waals surface area contributed by atoms with Gasteiger partial charge in [0.15, 0.2) is 0 Å². The van der Waals surface area contributed by atoms with Crippen molar-refractivity contribution >= 4 is 30.7 Å². The Bertz CT molecular complexity index is 332. The summed E-state index contributed by atoms with van der Waals surface area (Å²) in [7, 11) is 0. The Morgan fingerprint density at radius 2 is 1.92 bits per heavy atom. The second-order valence-electron chi connectivity index (χ2n) is 6.63. The quantitative estimate of drug-likeness (QED) is 0.706. The van der Waals surface area contributed by atoms with Crippen molar-refractivity contribution in [3.63, 3.8) is 0 Å². The summed E-state index contributed by atoms with van der Waals surface area (Å²) < 4.78 is 5.45. The highest BCUT2D eigenvalue weighted by Crippen LogP contribution is 2.20. The topological polar surface area (TPSA) is 53.6 Å². The molecule has 0 aliphatic carbocycles. The van der Waals surface area contributed by atoms with Crippen molar-refractivity contribution < 1.29 is 9.53 Å². The van der Waals surface area contributed by atoms with Crippen LogP contribution in [0.4, 0.5) is 0 Å². The first-order valence-electron chi connectivity index (χ1n) is 9.06. The van der Waals surface area contributed by atoms with E-state index in [0.29, 0.717) is 11.8 Å². The van der Waals surface area contributed by atoms with Crippen LogP contribution in [0.1, 0.15) is 39.5 Å². The molecule has 2 saturated heterocycles. The lowest BCUT2D eigenvalue weighted by Gasteiger charge is -2.38. The first-order valence-corrected chi connectivity index (χ1v) is 9.06. The molecule has 144 valence electrons. The Balaban J connectivity index is 0.00000264. The van der Waals surface area contributed by atoms with Crippen LogP contribution in [0.3, 0.4) is 0 Å². The molecule has 0 bridgehead atoms. The summed E-state index contributed by atoms with van der Waals surface area (Å²) in [5.74, 6) is 1.24. The van der Waals surface area contributed by atoms with E-state index in [2.05, 4.69) is 29.4 Å². The molecule has 5 nitrogen and oxygen atoms in total. The van der Waals surface area contributed by atoms with Crippen LogP contribution < -0.4 is 10.6 Å². The van der Waals surface area contributed by atoms with Crippen LogP contribution in [0.2, 0.25) is 0 Å². The number of nitrogens with one attached hydrogen (secondary N) is 2. The highest BCUT2D eigenvalue weighted by atomic mass is 35.5. The predicted molar refractivity (Wildman–Crippen MR) is 103 cm³/mol. The van der Waals surface area contributed by atoms with Gasteiger partial charge in [-0.25, -0.2) is 0 Å². The van der Waals surface area contributed by atoms with E-state index in [9.17, 15) is 4.79 Å². The Labute approximate surface area is 159 Å². The summed E-state index contributed by atoms with van der Waals surface area (Å²) in [5.41, 5.74) is 0. The second kappa shape index (κ2) is 13.2. The SMILES string of the molecule is CCC(CC)C(C(=O)NCC1CCCNC1)N1CCOCC1.Cl.Cl. The van der Waals surface area contributed by atoms with Gasteiger partial charge in [-0.05, 0) is 37.8 Å². The highest BCUT2D eigenvalue weighted by molar-refractivity contribution is 5.85. The van der Waals surface area contributed by atoms with E-state index in [1.165, 1.54) is 12.8 Å². The molecule has 2 fully saturated rings. The Hall–Kier alpha value is -0.0700. The molecule has 0 aromatic heterocycles. The predicted octanol–water partition coefficient (Wildman–Crippen LogP) is 2.08. The minimum absolute atomic E-state index is 0. The van der Waals surface area contributed by atoms with Crippen LogP contribution in [0, 0.1) is 11.8 Å². The maximum absolute atomic E-state index is 12.8. The van der Waals surface area contributed by atoms with Gasteiger partial charge in [-0.1, -0.05) is 26.7 Å².